The standard InChI is InChI=1S/C18H18N4O2/c1-11-20-16-14(6-8-19-17(16)21-11)18(24)22-9-7-15(23)13-5-3-2-4-12(13)10-22/h2-6,8,15,23H,7,9-10H2,1H3,(H,19,20,21). The van der Waals surface area contributed by atoms with E-state index in [0.717, 1.165) is 17.0 Å². The molecule has 1 aromatic carbocycles. The fourth-order valence-electron chi connectivity index (χ4n) is 3.27. The van der Waals surface area contributed by atoms with Crippen molar-refractivity contribution in [2.45, 2.75) is 26.0 Å². The molecule has 0 fully saturated rings. The summed E-state index contributed by atoms with van der Waals surface area (Å²) in [5.41, 5.74) is 3.67. The maximum atomic E-state index is 13.1. The predicted octanol–water partition coefficient (Wildman–Crippen LogP) is 2.35. The van der Waals surface area contributed by atoms with Gasteiger partial charge in [-0.2, -0.15) is 0 Å². The molecule has 6 heteroatoms. The minimum absolute atomic E-state index is 0.0741. The Morgan fingerprint density at radius 3 is 3.04 bits per heavy atom. The van der Waals surface area contributed by atoms with E-state index >= 15 is 0 Å². The molecule has 0 saturated carbocycles. The summed E-state index contributed by atoms with van der Waals surface area (Å²) < 4.78 is 0. The maximum absolute atomic E-state index is 13.1. The third kappa shape index (κ3) is 2.45. The van der Waals surface area contributed by atoms with Crippen LogP contribution in [0.15, 0.2) is 36.5 Å². The first-order valence-electron chi connectivity index (χ1n) is 8.00. The zero-order chi connectivity index (χ0) is 16.7. The number of aromatic amines is 1. The highest BCUT2D eigenvalue weighted by molar-refractivity contribution is 6.04. The number of benzene rings is 1. The molecule has 0 aliphatic carbocycles. The molecule has 0 spiro atoms. The van der Waals surface area contributed by atoms with Crippen molar-refractivity contribution < 1.29 is 9.90 Å². The number of nitrogens with zero attached hydrogens (tertiary/aromatic N) is 3. The van der Waals surface area contributed by atoms with Crippen LogP contribution in [-0.2, 0) is 6.54 Å². The number of carbonyl (C=O) groups is 1. The second-order valence-corrected chi connectivity index (χ2v) is 6.11. The highest BCUT2D eigenvalue weighted by Crippen LogP contribution is 2.27. The van der Waals surface area contributed by atoms with Gasteiger partial charge in [0.2, 0.25) is 0 Å². The van der Waals surface area contributed by atoms with Gasteiger partial charge in [-0.05, 0) is 30.5 Å². The van der Waals surface area contributed by atoms with Gasteiger partial charge in [0, 0.05) is 19.3 Å². The van der Waals surface area contributed by atoms with Crippen molar-refractivity contribution in [3.63, 3.8) is 0 Å². The number of hydrogen-bond acceptors (Lipinski definition) is 4. The van der Waals surface area contributed by atoms with Gasteiger partial charge < -0.3 is 15.0 Å². The fraction of sp³-hybridized carbons (Fsp3) is 0.278. The van der Waals surface area contributed by atoms with Crippen molar-refractivity contribution in [1.29, 1.82) is 0 Å². The van der Waals surface area contributed by atoms with E-state index < -0.39 is 6.10 Å². The Morgan fingerprint density at radius 1 is 1.33 bits per heavy atom. The monoisotopic (exact) mass is 322 g/mol. The van der Waals surface area contributed by atoms with Crippen molar-refractivity contribution >= 4 is 17.1 Å². The van der Waals surface area contributed by atoms with Crippen LogP contribution in [0.5, 0.6) is 0 Å². The first kappa shape index (κ1) is 14.8. The smallest absolute Gasteiger partial charge is 0.256 e. The van der Waals surface area contributed by atoms with Crippen molar-refractivity contribution in [1.82, 2.24) is 19.9 Å². The Labute approximate surface area is 139 Å². The second-order valence-electron chi connectivity index (χ2n) is 6.11. The van der Waals surface area contributed by atoms with Gasteiger partial charge in [-0.15, -0.1) is 0 Å². The Bertz CT molecular complexity index is 918. The Hall–Kier alpha value is -2.73. The SMILES string of the molecule is Cc1nc2nccc(C(=O)N3CCC(O)c4ccccc4C3)c2[nH]1. The van der Waals surface area contributed by atoms with Crippen molar-refractivity contribution in [3.05, 3.63) is 59.0 Å². The molecule has 1 unspecified atom stereocenters. The van der Waals surface area contributed by atoms with Gasteiger partial charge in [0.1, 0.15) is 5.82 Å². The summed E-state index contributed by atoms with van der Waals surface area (Å²) in [5, 5.41) is 10.3. The number of aryl methyl sites for hydroxylation is 1. The minimum Gasteiger partial charge on any atom is -0.388 e. The number of imidazole rings is 1. The molecule has 4 rings (SSSR count). The summed E-state index contributed by atoms with van der Waals surface area (Å²) in [7, 11) is 0. The summed E-state index contributed by atoms with van der Waals surface area (Å²) >= 11 is 0. The largest absolute Gasteiger partial charge is 0.388 e. The maximum Gasteiger partial charge on any atom is 0.256 e. The second kappa shape index (κ2) is 5.72. The van der Waals surface area contributed by atoms with E-state index in [-0.39, 0.29) is 5.91 Å². The molecule has 1 aliphatic heterocycles. The molecule has 2 N–H and O–H groups in total. The molecule has 3 aromatic rings. The number of H-pyrrole nitrogens is 1. The Kier molecular flexibility index (Phi) is 3.54. The van der Waals surface area contributed by atoms with Crippen LogP contribution < -0.4 is 0 Å². The summed E-state index contributed by atoms with van der Waals surface area (Å²) in [4.78, 5) is 26.5. The van der Waals surface area contributed by atoms with Crippen LogP contribution in [0.25, 0.3) is 11.2 Å². The number of aliphatic hydroxyl groups is 1. The van der Waals surface area contributed by atoms with Crippen LogP contribution in [0.2, 0.25) is 0 Å². The molecule has 122 valence electrons. The lowest BCUT2D eigenvalue weighted by atomic mass is 10.0. The van der Waals surface area contributed by atoms with E-state index in [0.29, 0.717) is 36.2 Å². The highest BCUT2D eigenvalue weighted by Gasteiger charge is 2.25. The molecule has 3 heterocycles. The van der Waals surface area contributed by atoms with Gasteiger partial charge >= 0.3 is 0 Å². The van der Waals surface area contributed by atoms with Gasteiger partial charge in [0.25, 0.3) is 5.91 Å². The number of pyridine rings is 1. The molecule has 6 nitrogen and oxygen atoms in total. The molecule has 2 aromatic heterocycles. The van der Waals surface area contributed by atoms with Gasteiger partial charge in [-0.3, -0.25) is 4.79 Å². The van der Waals surface area contributed by atoms with E-state index in [1.165, 1.54) is 0 Å². The zero-order valence-corrected chi connectivity index (χ0v) is 13.4. The van der Waals surface area contributed by atoms with Gasteiger partial charge in [0.05, 0.1) is 17.2 Å². The van der Waals surface area contributed by atoms with Crippen LogP contribution in [-0.4, -0.2) is 37.4 Å². The number of carbonyl (C=O) groups excluding carboxylic acids is 1. The van der Waals surface area contributed by atoms with Crippen molar-refractivity contribution in [2.24, 2.45) is 0 Å². The molecule has 0 bridgehead atoms. The van der Waals surface area contributed by atoms with Gasteiger partial charge in [-0.1, -0.05) is 24.3 Å². The first-order chi connectivity index (χ1) is 11.6. The fourth-order valence-corrected chi connectivity index (χ4v) is 3.27. The number of aromatic nitrogens is 3. The highest BCUT2D eigenvalue weighted by atomic mass is 16.3. The van der Waals surface area contributed by atoms with E-state index in [1.54, 1.807) is 17.2 Å². The number of amides is 1. The zero-order valence-electron chi connectivity index (χ0n) is 13.4. The minimum atomic E-state index is -0.536. The number of nitrogens with one attached hydrogen (secondary N) is 1. The summed E-state index contributed by atoms with van der Waals surface area (Å²) in [6.45, 7) is 2.84. The molecule has 1 amide bonds. The van der Waals surface area contributed by atoms with E-state index in [2.05, 4.69) is 15.0 Å². The van der Waals surface area contributed by atoms with Crippen LogP contribution >= 0.6 is 0 Å². The predicted molar refractivity (Wildman–Crippen MR) is 89.4 cm³/mol. The lowest BCUT2D eigenvalue weighted by Crippen LogP contribution is -2.31. The van der Waals surface area contributed by atoms with E-state index in [4.69, 9.17) is 0 Å². The van der Waals surface area contributed by atoms with E-state index in [9.17, 15) is 9.90 Å². The van der Waals surface area contributed by atoms with Gasteiger partial charge in [0.15, 0.2) is 5.65 Å². The topological polar surface area (TPSA) is 82.1 Å². The number of rotatable bonds is 1. The molecular formula is C18H18N4O2. The molecular weight excluding hydrogens is 304 g/mol. The lowest BCUT2D eigenvalue weighted by Gasteiger charge is -2.21. The molecule has 0 saturated heterocycles. The van der Waals surface area contributed by atoms with Crippen molar-refractivity contribution in [3.8, 4) is 0 Å². The van der Waals surface area contributed by atoms with Crippen LogP contribution in [0.4, 0.5) is 0 Å². The average Bonchev–Trinajstić information content (AvgIpc) is 2.89. The van der Waals surface area contributed by atoms with Crippen LogP contribution in [0.1, 0.15) is 39.8 Å². The normalized spacial score (nSPS) is 17.6. The first-order valence-corrected chi connectivity index (χ1v) is 8.00. The van der Waals surface area contributed by atoms with Crippen LogP contribution in [0.3, 0.4) is 0 Å². The van der Waals surface area contributed by atoms with Gasteiger partial charge in [-0.25, -0.2) is 9.97 Å². The van der Waals surface area contributed by atoms with Crippen LogP contribution in [0, 0.1) is 6.92 Å². The molecule has 1 aliphatic rings. The molecule has 1 atom stereocenters. The number of hydrogen-bond donors (Lipinski definition) is 2. The third-order valence-electron chi connectivity index (χ3n) is 4.48. The summed E-state index contributed by atoms with van der Waals surface area (Å²) in [6, 6.07) is 9.46. The Morgan fingerprint density at radius 2 is 2.17 bits per heavy atom. The number of fused-ring (bicyclic) bond motifs is 2. The summed E-state index contributed by atoms with van der Waals surface area (Å²) in [5.74, 6) is 0.657. The van der Waals surface area contributed by atoms with Crippen molar-refractivity contribution in [2.75, 3.05) is 6.54 Å². The molecule has 0 radical (unpaired) electrons. The summed E-state index contributed by atoms with van der Waals surface area (Å²) in [6.07, 6.45) is 1.60. The van der Waals surface area contributed by atoms with E-state index in [1.807, 2.05) is 31.2 Å². The lowest BCUT2D eigenvalue weighted by molar-refractivity contribution is 0.0724. The quantitative estimate of drug-likeness (QED) is 0.720. The third-order valence-corrected chi connectivity index (χ3v) is 4.48. The molecule has 24 heavy (non-hydrogen) atoms. The average molecular weight is 322 g/mol. The Balaban J connectivity index is 1.72. The number of aliphatic hydroxyl groups excluding tert-OH is 1.